The van der Waals surface area contributed by atoms with Crippen molar-refractivity contribution in [3.8, 4) is 17.6 Å². The van der Waals surface area contributed by atoms with E-state index in [4.69, 9.17) is 14.7 Å². The molecule has 0 aliphatic carbocycles. The highest BCUT2D eigenvalue weighted by Crippen LogP contribution is 2.28. The quantitative estimate of drug-likeness (QED) is 0.737. The lowest BCUT2D eigenvalue weighted by Gasteiger charge is -2.11. The summed E-state index contributed by atoms with van der Waals surface area (Å²) >= 11 is 0. The fraction of sp³-hybridized carbons (Fsp3) is 0.238. The normalized spacial score (nSPS) is 10.3. The maximum atomic E-state index is 12.0. The van der Waals surface area contributed by atoms with Gasteiger partial charge in [0, 0.05) is 12.6 Å². The molecule has 0 aromatic heterocycles. The first kappa shape index (κ1) is 19.1. The Morgan fingerprint density at radius 1 is 1.08 bits per heavy atom. The second-order valence-corrected chi connectivity index (χ2v) is 5.43. The van der Waals surface area contributed by atoms with Crippen molar-refractivity contribution < 1.29 is 14.3 Å². The summed E-state index contributed by atoms with van der Waals surface area (Å²) in [6.07, 6.45) is 3.21. The molecule has 0 bridgehead atoms. The van der Waals surface area contributed by atoms with Crippen LogP contribution in [0.5, 0.6) is 11.5 Å². The zero-order valence-corrected chi connectivity index (χ0v) is 15.0. The van der Waals surface area contributed by atoms with Gasteiger partial charge in [0.25, 0.3) is 0 Å². The van der Waals surface area contributed by atoms with Crippen molar-refractivity contribution in [1.82, 2.24) is 5.32 Å². The summed E-state index contributed by atoms with van der Waals surface area (Å²) in [5, 5.41) is 11.6. The third kappa shape index (κ3) is 5.67. The summed E-state index contributed by atoms with van der Waals surface area (Å²) in [7, 11) is 0. The van der Waals surface area contributed by atoms with E-state index in [-0.39, 0.29) is 5.91 Å². The number of amides is 1. The minimum absolute atomic E-state index is 0.193. The molecule has 0 radical (unpaired) electrons. The van der Waals surface area contributed by atoms with Gasteiger partial charge in [-0.3, -0.25) is 4.79 Å². The fourth-order valence-corrected chi connectivity index (χ4v) is 2.29. The van der Waals surface area contributed by atoms with E-state index in [1.165, 1.54) is 6.08 Å². The van der Waals surface area contributed by atoms with Crippen molar-refractivity contribution in [3.05, 3.63) is 65.2 Å². The number of nitrogens with zero attached hydrogens (tertiary/aromatic N) is 1. The molecule has 0 aliphatic rings. The third-order valence-corrected chi connectivity index (χ3v) is 3.54. The molecule has 0 heterocycles. The molecule has 0 unspecified atom stereocenters. The van der Waals surface area contributed by atoms with Crippen molar-refractivity contribution in [2.45, 2.75) is 20.4 Å². The maximum Gasteiger partial charge on any atom is 0.244 e. The van der Waals surface area contributed by atoms with Gasteiger partial charge in [0.1, 0.15) is 0 Å². The van der Waals surface area contributed by atoms with Gasteiger partial charge in [-0.2, -0.15) is 5.26 Å². The molecule has 26 heavy (non-hydrogen) atoms. The van der Waals surface area contributed by atoms with Gasteiger partial charge >= 0.3 is 0 Å². The Morgan fingerprint density at radius 2 is 1.77 bits per heavy atom. The van der Waals surface area contributed by atoms with E-state index in [1.54, 1.807) is 18.2 Å². The number of benzene rings is 2. The summed E-state index contributed by atoms with van der Waals surface area (Å²) < 4.78 is 11.1. The summed E-state index contributed by atoms with van der Waals surface area (Å²) in [5.74, 6) is 1.16. The maximum absolute atomic E-state index is 12.0. The van der Waals surface area contributed by atoms with Crippen molar-refractivity contribution in [3.63, 3.8) is 0 Å². The SMILES string of the molecule is CCOc1ccc(/C=C/C(=O)NCc2ccc(C#N)cc2)cc1OCC. The summed E-state index contributed by atoms with van der Waals surface area (Å²) in [6.45, 7) is 5.34. The van der Waals surface area contributed by atoms with E-state index in [0.29, 0.717) is 36.8 Å². The van der Waals surface area contributed by atoms with E-state index in [0.717, 1.165) is 11.1 Å². The first-order chi connectivity index (χ1) is 12.7. The number of carbonyl (C=O) groups is 1. The first-order valence-corrected chi connectivity index (χ1v) is 8.50. The van der Waals surface area contributed by atoms with Crippen LogP contribution < -0.4 is 14.8 Å². The Labute approximate surface area is 153 Å². The number of carbonyl (C=O) groups excluding carboxylic acids is 1. The number of hydrogen-bond donors (Lipinski definition) is 1. The molecular weight excluding hydrogens is 328 g/mol. The van der Waals surface area contributed by atoms with Crippen LogP contribution in [0.1, 0.15) is 30.5 Å². The number of nitrogens with one attached hydrogen (secondary N) is 1. The van der Waals surface area contributed by atoms with Crippen molar-refractivity contribution in [2.24, 2.45) is 0 Å². The van der Waals surface area contributed by atoms with Gasteiger partial charge < -0.3 is 14.8 Å². The molecule has 0 spiro atoms. The van der Waals surface area contributed by atoms with Gasteiger partial charge in [0.15, 0.2) is 11.5 Å². The number of hydrogen-bond acceptors (Lipinski definition) is 4. The zero-order chi connectivity index (χ0) is 18.8. The fourth-order valence-electron chi connectivity index (χ4n) is 2.29. The molecule has 2 aromatic rings. The van der Waals surface area contributed by atoms with Gasteiger partial charge in [-0.25, -0.2) is 0 Å². The highest BCUT2D eigenvalue weighted by molar-refractivity contribution is 5.91. The van der Waals surface area contributed by atoms with E-state index in [9.17, 15) is 4.79 Å². The standard InChI is InChI=1S/C21H22N2O3/c1-3-25-19-11-9-16(13-20(19)26-4-2)10-12-21(24)23-15-18-7-5-17(14-22)6-8-18/h5-13H,3-4,15H2,1-2H3,(H,23,24)/b12-10+. The zero-order valence-electron chi connectivity index (χ0n) is 15.0. The van der Waals surface area contributed by atoms with E-state index in [2.05, 4.69) is 11.4 Å². The molecule has 0 saturated carbocycles. The summed E-state index contributed by atoms with van der Waals surface area (Å²) in [5.41, 5.74) is 2.39. The van der Waals surface area contributed by atoms with Crippen LogP contribution in [0.3, 0.4) is 0 Å². The molecule has 1 N–H and O–H groups in total. The minimum Gasteiger partial charge on any atom is -0.490 e. The van der Waals surface area contributed by atoms with E-state index >= 15 is 0 Å². The van der Waals surface area contributed by atoms with Crippen LogP contribution >= 0.6 is 0 Å². The van der Waals surface area contributed by atoms with Crippen LogP contribution in [0.2, 0.25) is 0 Å². The van der Waals surface area contributed by atoms with Crippen LogP contribution in [0.15, 0.2) is 48.5 Å². The molecule has 0 fully saturated rings. The minimum atomic E-state index is -0.193. The van der Waals surface area contributed by atoms with E-state index in [1.807, 2.05) is 44.2 Å². The van der Waals surface area contributed by atoms with Crippen LogP contribution in [0.4, 0.5) is 0 Å². The predicted octanol–water partition coefficient (Wildman–Crippen LogP) is 3.69. The Kier molecular flexibility index (Phi) is 7.26. The van der Waals surface area contributed by atoms with Crippen LogP contribution in [-0.4, -0.2) is 19.1 Å². The molecule has 134 valence electrons. The third-order valence-electron chi connectivity index (χ3n) is 3.54. The lowest BCUT2D eigenvalue weighted by Crippen LogP contribution is -2.20. The van der Waals surface area contributed by atoms with Gasteiger partial charge in [0.05, 0.1) is 24.8 Å². The highest BCUT2D eigenvalue weighted by Gasteiger charge is 2.05. The summed E-state index contributed by atoms with van der Waals surface area (Å²) in [6, 6.07) is 14.7. The van der Waals surface area contributed by atoms with E-state index < -0.39 is 0 Å². The average molecular weight is 350 g/mol. The lowest BCUT2D eigenvalue weighted by molar-refractivity contribution is -0.116. The average Bonchev–Trinajstić information content (AvgIpc) is 2.67. The van der Waals surface area contributed by atoms with Gasteiger partial charge in [-0.15, -0.1) is 0 Å². The molecule has 1 amide bonds. The van der Waals surface area contributed by atoms with Crippen molar-refractivity contribution >= 4 is 12.0 Å². The highest BCUT2D eigenvalue weighted by atomic mass is 16.5. The summed E-state index contributed by atoms with van der Waals surface area (Å²) in [4.78, 5) is 12.0. The van der Waals surface area contributed by atoms with Crippen molar-refractivity contribution in [1.29, 1.82) is 5.26 Å². The second-order valence-electron chi connectivity index (χ2n) is 5.43. The van der Waals surface area contributed by atoms with Crippen LogP contribution in [0.25, 0.3) is 6.08 Å². The second kappa shape index (κ2) is 9.90. The smallest absolute Gasteiger partial charge is 0.244 e. The molecule has 2 aromatic carbocycles. The Hall–Kier alpha value is -3.26. The topological polar surface area (TPSA) is 71.3 Å². The Morgan fingerprint density at radius 3 is 2.42 bits per heavy atom. The molecule has 0 aliphatic heterocycles. The predicted molar refractivity (Wildman–Crippen MR) is 101 cm³/mol. The monoisotopic (exact) mass is 350 g/mol. The molecule has 0 saturated heterocycles. The van der Waals surface area contributed by atoms with Crippen LogP contribution in [-0.2, 0) is 11.3 Å². The Balaban J connectivity index is 1.96. The molecule has 2 rings (SSSR count). The number of rotatable bonds is 8. The molecular formula is C21H22N2O3. The van der Waals surface area contributed by atoms with Crippen molar-refractivity contribution in [2.75, 3.05) is 13.2 Å². The van der Waals surface area contributed by atoms with Gasteiger partial charge in [-0.05, 0) is 55.3 Å². The lowest BCUT2D eigenvalue weighted by atomic mass is 10.1. The first-order valence-electron chi connectivity index (χ1n) is 8.50. The number of ether oxygens (including phenoxy) is 2. The number of nitriles is 1. The van der Waals surface area contributed by atoms with Gasteiger partial charge in [-0.1, -0.05) is 18.2 Å². The molecule has 5 nitrogen and oxygen atoms in total. The largest absolute Gasteiger partial charge is 0.490 e. The Bertz CT molecular complexity index is 805. The van der Waals surface area contributed by atoms with Crippen LogP contribution in [0, 0.1) is 11.3 Å². The molecule has 5 heteroatoms. The molecule has 0 atom stereocenters. The van der Waals surface area contributed by atoms with Gasteiger partial charge in [0.2, 0.25) is 5.91 Å².